The normalized spacial score (nSPS) is 19.1. The summed E-state index contributed by atoms with van der Waals surface area (Å²) in [4.78, 5) is 21.2. The van der Waals surface area contributed by atoms with Crippen molar-refractivity contribution >= 4 is 33.1 Å². The summed E-state index contributed by atoms with van der Waals surface area (Å²) in [6, 6.07) is 6.28. The van der Waals surface area contributed by atoms with Crippen LogP contribution in [0.1, 0.15) is 48.8 Å². The summed E-state index contributed by atoms with van der Waals surface area (Å²) in [6.07, 6.45) is 5.65. The zero-order chi connectivity index (χ0) is 22.6. The number of anilines is 3. The summed E-state index contributed by atoms with van der Waals surface area (Å²) >= 11 is 0. The van der Waals surface area contributed by atoms with E-state index in [1.165, 1.54) is 12.1 Å². The van der Waals surface area contributed by atoms with Crippen LogP contribution in [-0.2, 0) is 16.3 Å². The standard InChI is InChI=1S/C21H29N5O4S/c1-3-16-20(25-17-10-5-4-7-13(17)12-27)26-21(18(24-16)19(22)28)23-14-8-6-9-15(11-14)31(2,29)30/h6,8-9,11,13,17,27H,3-5,7,10,12H2,1-2H3,(H2,22,28)(H2,23,25,26)/t13-,17+/m0/s1. The zero-order valence-corrected chi connectivity index (χ0v) is 18.6. The topological polar surface area (TPSA) is 147 Å². The molecule has 2 aromatic rings. The molecule has 9 nitrogen and oxygen atoms in total. The first-order valence-electron chi connectivity index (χ1n) is 10.4. The molecule has 0 spiro atoms. The van der Waals surface area contributed by atoms with E-state index in [1.807, 2.05) is 6.92 Å². The first-order valence-corrected chi connectivity index (χ1v) is 12.3. The average Bonchev–Trinajstić information content (AvgIpc) is 2.73. The van der Waals surface area contributed by atoms with Gasteiger partial charge in [0.15, 0.2) is 27.2 Å². The summed E-state index contributed by atoms with van der Waals surface area (Å²) in [5.41, 5.74) is 6.57. The van der Waals surface area contributed by atoms with Crippen molar-refractivity contribution in [1.29, 1.82) is 0 Å². The number of aromatic nitrogens is 2. The van der Waals surface area contributed by atoms with Gasteiger partial charge in [0, 0.05) is 30.5 Å². The van der Waals surface area contributed by atoms with E-state index in [0.717, 1.165) is 31.9 Å². The molecule has 1 aliphatic rings. The molecule has 2 atom stereocenters. The number of primary amides is 1. The van der Waals surface area contributed by atoms with Crippen LogP contribution in [0.3, 0.4) is 0 Å². The van der Waals surface area contributed by atoms with E-state index >= 15 is 0 Å². The fourth-order valence-corrected chi connectivity index (χ4v) is 4.49. The molecule has 1 aromatic heterocycles. The quantitative estimate of drug-likeness (QED) is 0.482. The lowest BCUT2D eigenvalue weighted by atomic mass is 9.85. The van der Waals surface area contributed by atoms with Gasteiger partial charge in [0.2, 0.25) is 0 Å². The Bertz CT molecular complexity index is 1060. The Kier molecular flexibility index (Phi) is 7.11. The van der Waals surface area contributed by atoms with E-state index in [1.54, 1.807) is 12.1 Å². The highest BCUT2D eigenvalue weighted by Crippen LogP contribution is 2.29. The first-order chi connectivity index (χ1) is 14.7. The van der Waals surface area contributed by atoms with Crippen LogP contribution in [0.4, 0.5) is 17.3 Å². The fourth-order valence-electron chi connectivity index (χ4n) is 3.82. The van der Waals surface area contributed by atoms with Gasteiger partial charge < -0.3 is 21.5 Å². The van der Waals surface area contributed by atoms with Crippen molar-refractivity contribution in [3.05, 3.63) is 35.7 Å². The van der Waals surface area contributed by atoms with Crippen LogP contribution >= 0.6 is 0 Å². The molecule has 31 heavy (non-hydrogen) atoms. The number of benzene rings is 1. The molecule has 168 valence electrons. The summed E-state index contributed by atoms with van der Waals surface area (Å²) in [5.74, 6) is 0.0640. The number of nitrogens with zero attached hydrogens (tertiary/aromatic N) is 2. The molecule has 0 radical (unpaired) electrons. The maximum absolute atomic E-state index is 12.0. The number of carbonyl (C=O) groups is 1. The average molecular weight is 448 g/mol. The number of hydrogen-bond acceptors (Lipinski definition) is 8. The Hall–Kier alpha value is -2.72. The number of nitrogens with one attached hydrogen (secondary N) is 2. The molecule has 1 aliphatic carbocycles. The summed E-state index contributed by atoms with van der Waals surface area (Å²) < 4.78 is 23.7. The van der Waals surface area contributed by atoms with Crippen molar-refractivity contribution in [2.45, 2.75) is 50.0 Å². The Morgan fingerprint density at radius 3 is 2.61 bits per heavy atom. The zero-order valence-electron chi connectivity index (χ0n) is 17.8. The van der Waals surface area contributed by atoms with Crippen LogP contribution in [0.25, 0.3) is 0 Å². The summed E-state index contributed by atoms with van der Waals surface area (Å²) in [7, 11) is -3.39. The highest BCUT2D eigenvalue weighted by atomic mass is 32.2. The fraction of sp³-hybridized carbons (Fsp3) is 0.476. The van der Waals surface area contributed by atoms with Crippen molar-refractivity contribution in [2.24, 2.45) is 11.7 Å². The Morgan fingerprint density at radius 2 is 1.97 bits per heavy atom. The van der Waals surface area contributed by atoms with Crippen molar-refractivity contribution in [1.82, 2.24) is 9.97 Å². The Labute approximate surface area is 182 Å². The van der Waals surface area contributed by atoms with E-state index in [4.69, 9.17) is 5.73 Å². The number of aryl methyl sites for hydroxylation is 1. The minimum atomic E-state index is -3.39. The molecule has 3 rings (SSSR count). The molecule has 1 aromatic carbocycles. The van der Waals surface area contributed by atoms with Crippen LogP contribution in [0.15, 0.2) is 29.2 Å². The van der Waals surface area contributed by atoms with Gasteiger partial charge in [0.05, 0.1) is 10.6 Å². The lowest BCUT2D eigenvalue weighted by Gasteiger charge is -2.31. The van der Waals surface area contributed by atoms with Crippen LogP contribution in [-0.4, -0.2) is 48.3 Å². The molecule has 0 saturated heterocycles. The van der Waals surface area contributed by atoms with Gasteiger partial charge in [0.1, 0.15) is 0 Å². The number of aliphatic hydroxyl groups is 1. The van der Waals surface area contributed by atoms with Crippen molar-refractivity contribution in [2.75, 3.05) is 23.5 Å². The van der Waals surface area contributed by atoms with E-state index in [2.05, 4.69) is 20.6 Å². The number of hydrogen-bond donors (Lipinski definition) is 4. The highest BCUT2D eigenvalue weighted by Gasteiger charge is 2.26. The Morgan fingerprint density at radius 1 is 1.23 bits per heavy atom. The third kappa shape index (κ3) is 5.50. The van der Waals surface area contributed by atoms with E-state index in [0.29, 0.717) is 23.6 Å². The lowest BCUT2D eigenvalue weighted by Crippen LogP contribution is -2.35. The predicted molar refractivity (Wildman–Crippen MR) is 119 cm³/mol. The van der Waals surface area contributed by atoms with Gasteiger partial charge in [0.25, 0.3) is 5.91 Å². The molecule has 1 fully saturated rings. The second-order valence-corrected chi connectivity index (χ2v) is 9.85. The van der Waals surface area contributed by atoms with E-state index in [-0.39, 0.29) is 35.0 Å². The number of rotatable bonds is 8. The van der Waals surface area contributed by atoms with Gasteiger partial charge in [-0.1, -0.05) is 25.8 Å². The number of amides is 1. The number of nitrogens with two attached hydrogens (primary N) is 1. The van der Waals surface area contributed by atoms with E-state index in [9.17, 15) is 18.3 Å². The van der Waals surface area contributed by atoms with Crippen LogP contribution in [0.2, 0.25) is 0 Å². The molecule has 10 heteroatoms. The molecule has 0 bridgehead atoms. The first kappa shape index (κ1) is 23.0. The van der Waals surface area contributed by atoms with Gasteiger partial charge in [-0.3, -0.25) is 4.79 Å². The third-order valence-electron chi connectivity index (χ3n) is 5.53. The smallest absolute Gasteiger partial charge is 0.271 e. The van der Waals surface area contributed by atoms with Crippen LogP contribution in [0, 0.1) is 5.92 Å². The SMILES string of the molecule is CCc1nc(C(N)=O)c(Nc2cccc(S(C)(=O)=O)c2)nc1N[C@@H]1CCCC[C@H]1CO. The monoisotopic (exact) mass is 447 g/mol. The molecule has 1 amide bonds. The van der Waals surface area contributed by atoms with Crippen molar-refractivity contribution < 1.29 is 18.3 Å². The lowest BCUT2D eigenvalue weighted by molar-refractivity contribution is 0.0996. The van der Waals surface area contributed by atoms with Gasteiger partial charge in [-0.2, -0.15) is 0 Å². The predicted octanol–water partition coefficient (Wildman–Crippen LogP) is 2.25. The molecule has 0 aliphatic heterocycles. The minimum Gasteiger partial charge on any atom is -0.396 e. The molecular formula is C21H29N5O4S. The number of aliphatic hydroxyl groups excluding tert-OH is 1. The molecule has 1 heterocycles. The third-order valence-corrected chi connectivity index (χ3v) is 6.64. The van der Waals surface area contributed by atoms with Gasteiger partial charge in [-0.25, -0.2) is 18.4 Å². The van der Waals surface area contributed by atoms with E-state index < -0.39 is 15.7 Å². The van der Waals surface area contributed by atoms with Gasteiger partial charge >= 0.3 is 0 Å². The van der Waals surface area contributed by atoms with Crippen LogP contribution < -0.4 is 16.4 Å². The van der Waals surface area contributed by atoms with Crippen molar-refractivity contribution in [3.63, 3.8) is 0 Å². The Balaban J connectivity index is 1.99. The largest absolute Gasteiger partial charge is 0.396 e. The highest BCUT2D eigenvalue weighted by molar-refractivity contribution is 7.90. The molecule has 1 saturated carbocycles. The maximum Gasteiger partial charge on any atom is 0.271 e. The van der Waals surface area contributed by atoms with Crippen LogP contribution in [0.5, 0.6) is 0 Å². The summed E-state index contributed by atoms with van der Waals surface area (Å²) in [6.45, 7) is 2.00. The second kappa shape index (κ2) is 9.61. The molecule has 0 unspecified atom stereocenters. The maximum atomic E-state index is 12.0. The second-order valence-electron chi connectivity index (χ2n) is 7.84. The number of carbonyl (C=O) groups excluding carboxylic acids is 1. The summed E-state index contributed by atoms with van der Waals surface area (Å²) in [5, 5.41) is 16.1. The van der Waals surface area contributed by atoms with Gasteiger partial charge in [-0.15, -0.1) is 0 Å². The van der Waals surface area contributed by atoms with Crippen molar-refractivity contribution in [3.8, 4) is 0 Å². The molecular weight excluding hydrogens is 418 g/mol. The molecule has 5 N–H and O–H groups in total. The minimum absolute atomic E-state index is 0.0190. The van der Waals surface area contributed by atoms with Gasteiger partial charge in [-0.05, 0) is 37.5 Å². The number of sulfone groups is 1.